The van der Waals surface area contributed by atoms with Gasteiger partial charge in [0.05, 0.1) is 16.5 Å². The smallest absolute Gasteiger partial charge is 0.294 e. The van der Waals surface area contributed by atoms with Crippen LogP contribution in [0.15, 0.2) is 16.6 Å². The van der Waals surface area contributed by atoms with Crippen molar-refractivity contribution in [2.24, 2.45) is 11.7 Å². The van der Waals surface area contributed by atoms with Crippen molar-refractivity contribution >= 4 is 33.2 Å². The normalized spacial score (nSPS) is 18.4. The van der Waals surface area contributed by atoms with E-state index in [4.69, 9.17) is 10.5 Å². The van der Waals surface area contributed by atoms with Crippen LogP contribution in [0.25, 0.3) is 0 Å². The molecule has 1 aromatic carbocycles. The van der Waals surface area contributed by atoms with Crippen LogP contribution in [0.2, 0.25) is 0 Å². The van der Waals surface area contributed by atoms with E-state index in [1.165, 1.54) is 24.1 Å². The highest BCUT2D eigenvalue weighted by atomic mass is 79.9. The van der Waals surface area contributed by atoms with Gasteiger partial charge in [-0.3, -0.25) is 14.9 Å². The number of nitrogens with zero attached hydrogens (tertiary/aromatic N) is 2. The quantitative estimate of drug-likeness (QED) is 0.662. The van der Waals surface area contributed by atoms with Crippen molar-refractivity contribution in [2.45, 2.75) is 6.42 Å². The van der Waals surface area contributed by atoms with Crippen LogP contribution in [-0.4, -0.2) is 31.0 Å². The fourth-order valence-corrected chi connectivity index (χ4v) is 2.72. The second-order valence-electron chi connectivity index (χ2n) is 4.54. The number of nitrogens with two attached hydrogens (primary N) is 1. The van der Waals surface area contributed by atoms with E-state index in [-0.39, 0.29) is 23.2 Å². The summed E-state index contributed by atoms with van der Waals surface area (Å²) in [7, 11) is 1.46. The molecule has 7 nitrogen and oxygen atoms in total. The minimum absolute atomic E-state index is 0.0248. The number of nitro groups is 1. The molecule has 0 radical (unpaired) electrons. The monoisotopic (exact) mass is 343 g/mol. The van der Waals surface area contributed by atoms with Gasteiger partial charge in [0.2, 0.25) is 5.91 Å². The third-order valence-corrected chi connectivity index (χ3v) is 3.89. The summed E-state index contributed by atoms with van der Waals surface area (Å²) in [6.07, 6.45) is 0.312. The molecule has 0 aromatic heterocycles. The molecular weight excluding hydrogens is 330 g/mol. The number of hydrogen-bond acceptors (Lipinski definition) is 5. The Morgan fingerprint density at radius 2 is 2.30 bits per heavy atom. The second-order valence-corrected chi connectivity index (χ2v) is 5.40. The van der Waals surface area contributed by atoms with Crippen molar-refractivity contribution in [3.63, 3.8) is 0 Å². The van der Waals surface area contributed by atoms with Gasteiger partial charge >= 0.3 is 0 Å². The molecule has 2 N–H and O–H groups in total. The Bertz CT molecular complexity index is 564. The fraction of sp³-hybridized carbons (Fsp3) is 0.417. The maximum Gasteiger partial charge on any atom is 0.294 e. The van der Waals surface area contributed by atoms with Crippen LogP contribution in [-0.2, 0) is 4.79 Å². The van der Waals surface area contributed by atoms with Crippen molar-refractivity contribution in [1.82, 2.24) is 0 Å². The van der Waals surface area contributed by atoms with Gasteiger partial charge < -0.3 is 15.4 Å². The minimum atomic E-state index is -0.511. The standard InChI is InChI=1S/C12H14BrN3O4/c1-20-11-4-9(10(16(18)19)3-8(11)13)15-6-7(5-14)2-12(15)17/h3-4,7H,2,5-6,14H2,1H3. The third-order valence-electron chi connectivity index (χ3n) is 3.27. The predicted molar refractivity (Wildman–Crippen MR) is 76.9 cm³/mol. The van der Waals surface area contributed by atoms with Gasteiger partial charge in [0, 0.05) is 25.1 Å². The van der Waals surface area contributed by atoms with E-state index in [0.717, 1.165) is 0 Å². The first-order chi connectivity index (χ1) is 9.47. The van der Waals surface area contributed by atoms with Gasteiger partial charge in [-0.05, 0) is 28.4 Å². The highest BCUT2D eigenvalue weighted by molar-refractivity contribution is 9.10. The Balaban J connectivity index is 2.49. The number of rotatable bonds is 4. The first kappa shape index (κ1) is 14.7. The average molecular weight is 344 g/mol. The molecule has 1 atom stereocenters. The number of amides is 1. The second kappa shape index (κ2) is 5.76. The summed E-state index contributed by atoms with van der Waals surface area (Å²) >= 11 is 3.21. The molecule has 20 heavy (non-hydrogen) atoms. The summed E-state index contributed by atoms with van der Waals surface area (Å²) in [5.74, 6) is 0.305. The number of anilines is 1. The van der Waals surface area contributed by atoms with Crippen LogP contribution < -0.4 is 15.4 Å². The van der Waals surface area contributed by atoms with E-state index < -0.39 is 4.92 Å². The SMILES string of the molecule is COc1cc(N2CC(CN)CC2=O)c([N+](=O)[O-])cc1Br. The van der Waals surface area contributed by atoms with Crippen LogP contribution in [0.4, 0.5) is 11.4 Å². The van der Waals surface area contributed by atoms with Crippen molar-refractivity contribution < 1.29 is 14.5 Å². The van der Waals surface area contributed by atoms with E-state index in [1.54, 1.807) is 0 Å². The lowest BCUT2D eigenvalue weighted by Gasteiger charge is -2.18. The minimum Gasteiger partial charge on any atom is -0.495 e. The molecular formula is C12H14BrN3O4. The Kier molecular flexibility index (Phi) is 4.24. The summed E-state index contributed by atoms with van der Waals surface area (Å²) in [5.41, 5.74) is 5.68. The van der Waals surface area contributed by atoms with Crippen LogP contribution in [0.5, 0.6) is 5.75 Å². The van der Waals surface area contributed by atoms with Gasteiger partial charge in [-0.25, -0.2) is 0 Å². The van der Waals surface area contributed by atoms with Crippen LogP contribution in [0, 0.1) is 16.0 Å². The van der Waals surface area contributed by atoms with E-state index in [0.29, 0.717) is 29.7 Å². The molecule has 0 saturated carbocycles. The van der Waals surface area contributed by atoms with Crippen LogP contribution >= 0.6 is 15.9 Å². The molecule has 0 bridgehead atoms. The zero-order chi connectivity index (χ0) is 14.9. The number of nitro benzene ring substituents is 1. The van der Waals surface area contributed by atoms with Crippen molar-refractivity contribution in [1.29, 1.82) is 0 Å². The molecule has 1 unspecified atom stereocenters. The molecule has 1 aliphatic rings. The maximum absolute atomic E-state index is 12.0. The summed E-state index contributed by atoms with van der Waals surface area (Å²) in [6.45, 7) is 0.769. The van der Waals surface area contributed by atoms with Gasteiger partial charge in [-0.15, -0.1) is 0 Å². The highest BCUT2D eigenvalue weighted by Crippen LogP contribution is 2.39. The molecule has 2 rings (SSSR count). The van der Waals surface area contributed by atoms with Crippen molar-refractivity contribution in [2.75, 3.05) is 25.1 Å². The molecule has 0 aliphatic carbocycles. The fourth-order valence-electron chi connectivity index (χ4n) is 2.22. The van der Waals surface area contributed by atoms with Gasteiger partial charge in [0.15, 0.2) is 0 Å². The Morgan fingerprint density at radius 1 is 1.60 bits per heavy atom. The van der Waals surface area contributed by atoms with E-state index in [2.05, 4.69) is 15.9 Å². The third kappa shape index (κ3) is 2.61. The van der Waals surface area contributed by atoms with Gasteiger partial charge in [-0.1, -0.05) is 0 Å². The van der Waals surface area contributed by atoms with Gasteiger partial charge in [0.25, 0.3) is 5.69 Å². The van der Waals surface area contributed by atoms with Crippen LogP contribution in [0.3, 0.4) is 0 Å². The lowest BCUT2D eigenvalue weighted by Crippen LogP contribution is -2.26. The zero-order valence-electron chi connectivity index (χ0n) is 10.8. The molecule has 1 fully saturated rings. The maximum atomic E-state index is 12.0. The number of hydrogen-bond donors (Lipinski definition) is 1. The molecule has 1 amide bonds. The van der Waals surface area contributed by atoms with Gasteiger partial charge in [-0.2, -0.15) is 0 Å². The van der Waals surface area contributed by atoms with E-state index in [9.17, 15) is 14.9 Å². The lowest BCUT2D eigenvalue weighted by atomic mass is 10.1. The topological polar surface area (TPSA) is 98.7 Å². The lowest BCUT2D eigenvalue weighted by molar-refractivity contribution is -0.384. The molecule has 0 spiro atoms. The molecule has 1 aliphatic heterocycles. The first-order valence-corrected chi connectivity index (χ1v) is 6.79. The van der Waals surface area contributed by atoms with Crippen molar-refractivity contribution in [3.8, 4) is 5.75 Å². The number of methoxy groups -OCH3 is 1. The Labute approximate surface area is 124 Å². The summed E-state index contributed by atoms with van der Waals surface area (Å²) < 4.78 is 5.61. The zero-order valence-corrected chi connectivity index (χ0v) is 12.4. The van der Waals surface area contributed by atoms with Crippen LogP contribution in [0.1, 0.15) is 6.42 Å². The van der Waals surface area contributed by atoms with Crippen molar-refractivity contribution in [3.05, 3.63) is 26.7 Å². The molecule has 1 saturated heterocycles. The average Bonchev–Trinajstić information content (AvgIpc) is 2.79. The largest absolute Gasteiger partial charge is 0.495 e. The number of carbonyl (C=O) groups excluding carboxylic acids is 1. The number of halogens is 1. The predicted octanol–water partition coefficient (Wildman–Crippen LogP) is 1.68. The first-order valence-electron chi connectivity index (χ1n) is 6.00. The summed E-state index contributed by atoms with van der Waals surface area (Å²) in [4.78, 5) is 24.1. The van der Waals surface area contributed by atoms with E-state index in [1.807, 2.05) is 0 Å². The molecule has 1 aromatic rings. The van der Waals surface area contributed by atoms with Gasteiger partial charge in [0.1, 0.15) is 11.4 Å². The Morgan fingerprint density at radius 3 is 2.80 bits per heavy atom. The summed E-state index contributed by atoms with van der Waals surface area (Å²) in [5, 5.41) is 11.2. The molecule has 8 heteroatoms. The van der Waals surface area contributed by atoms with E-state index >= 15 is 0 Å². The Hall–Kier alpha value is -1.67. The number of carbonyl (C=O) groups is 1. The highest BCUT2D eigenvalue weighted by Gasteiger charge is 2.34. The summed E-state index contributed by atoms with van der Waals surface area (Å²) in [6, 6.07) is 2.84. The molecule has 1 heterocycles. The number of ether oxygens (including phenoxy) is 1. The molecule has 108 valence electrons. The number of benzene rings is 1.